The van der Waals surface area contributed by atoms with Crippen molar-refractivity contribution in [2.45, 2.75) is 25.5 Å². The second-order valence-electron chi connectivity index (χ2n) is 6.54. The van der Waals surface area contributed by atoms with Crippen molar-refractivity contribution in [1.82, 2.24) is 0 Å². The monoisotopic (exact) mass is 374 g/mol. The highest BCUT2D eigenvalue weighted by molar-refractivity contribution is 7.89. The zero-order chi connectivity index (χ0) is 19.3. The molecule has 0 aliphatic carbocycles. The summed E-state index contributed by atoms with van der Waals surface area (Å²) in [7, 11) is -3.13. The Morgan fingerprint density at radius 1 is 0.923 bits per heavy atom. The van der Waals surface area contributed by atoms with E-state index in [9.17, 15) is 18.0 Å². The number of esters is 1. The molecule has 138 valence electrons. The Bertz CT molecular complexity index is 879. The Labute approximate surface area is 153 Å². The molecule has 0 unspecified atom stereocenters. The van der Waals surface area contributed by atoms with Gasteiger partial charge in [0.2, 0.25) is 0 Å². The van der Waals surface area contributed by atoms with Crippen molar-refractivity contribution in [2.75, 3.05) is 12.9 Å². The maximum absolute atomic E-state index is 12.1. The molecule has 0 radical (unpaired) electrons. The molecule has 0 aliphatic heterocycles. The van der Waals surface area contributed by atoms with Crippen LogP contribution >= 0.6 is 0 Å². The lowest BCUT2D eigenvalue weighted by Gasteiger charge is -2.07. The number of benzene rings is 2. The van der Waals surface area contributed by atoms with E-state index in [0.29, 0.717) is 17.0 Å². The molecular weight excluding hydrogens is 352 g/mol. The van der Waals surface area contributed by atoms with Crippen LogP contribution in [0.15, 0.2) is 48.5 Å². The summed E-state index contributed by atoms with van der Waals surface area (Å²) < 4.78 is 27.6. The second kappa shape index (κ2) is 8.27. The summed E-state index contributed by atoms with van der Waals surface area (Å²) in [6.45, 7) is 3.80. The number of carbonyl (C=O) groups is 2. The zero-order valence-corrected chi connectivity index (χ0v) is 15.9. The summed E-state index contributed by atoms with van der Waals surface area (Å²) in [5, 5.41) is 0. The molecule has 0 saturated heterocycles. The smallest absolute Gasteiger partial charge is 0.338 e. The van der Waals surface area contributed by atoms with E-state index < -0.39 is 15.8 Å². The summed E-state index contributed by atoms with van der Waals surface area (Å²) in [5.41, 5.74) is 2.48. The maximum Gasteiger partial charge on any atom is 0.338 e. The standard InChI is InChI=1S/C20H22O5S/c1-14(2)16-8-10-17(11-9-16)19(21)12-25-20(22)18-6-4-15(5-7-18)13-26(3,23)24/h4-11,14H,12-13H2,1-3H3. The van der Waals surface area contributed by atoms with Crippen molar-refractivity contribution in [3.05, 3.63) is 70.8 Å². The van der Waals surface area contributed by atoms with Gasteiger partial charge in [-0.05, 0) is 29.2 Å². The van der Waals surface area contributed by atoms with Gasteiger partial charge in [0, 0.05) is 11.8 Å². The fourth-order valence-electron chi connectivity index (χ4n) is 2.39. The van der Waals surface area contributed by atoms with Crippen LogP contribution in [0, 0.1) is 0 Å². The molecule has 0 heterocycles. The van der Waals surface area contributed by atoms with E-state index in [0.717, 1.165) is 11.8 Å². The molecule has 0 aliphatic rings. The summed E-state index contributed by atoms with van der Waals surface area (Å²) in [5.74, 6) is -0.610. The van der Waals surface area contributed by atoms with Gasteiger partial charge >= 0.3 is 5.97 Å². The highest BCUT2D eigenvalue weighted by Gasteiger charge is 2.13. The molecule has 0 fully saturated rings. The molecule has 26 heavy (non-hydrogen) atoms. The van der Waals surface area contributed by atoms with E-state index >= 15 is 0 Å². The first kappa shape index (κ1) is 19.8. The fraction of sp³-hybridized carbons (Fsp3) is 0.300. The largest absolute Gasteiger partial charge is 0.454 e. The van der Waals surface area contributed by atoms with Crippen LogP contribution in [0.5, 0.6) is 0 Å². The van der Waals surface area contributed by atoms with Crippen LogP contribution in [0.3, 0.4) is 0 Å². The molecule has 0 aromatic heterocycles. The molecule has 0 N–H and O–H groups in total. The SMILES string of the molecule is CC(C)c1ccc(C(=O)COC(=O)c2ccc(CS(C)(=O)=O)cc2)cc1. The lowest BCUT2D eigenvalue weighted by atomic mass is 10.0. The summed E-state index contributed by atoms with van der Waals surface area (Å²) >= 11 is 0. The first-order valence-corrected chi connectivity index (χ1v) is 10.3. The van der Waals surface area contributed by atoms with Gasteiger partial charge in [-0.25, -0.2) is 13.2 Å². The number of Topliss-reactive ketones (excluding diaryl/α,β-unsaturated/α-hetero) is 1. The van der Waals surface area contributed by atoms with Gasteiger partial charge in [-0.3, -0.25) is 4.79 Å². The van der Waals surface area contributed by atoms with Crippen molar-refractivity contribution in [3.8, 4) is 0 Å². The molecule has 2 aromatic carbocycles. The van der Waals surface area contributed by atoms with Crippen molar-refractivity contribution in [3.63, 3.8) is 0 Å². The number of ether oxygens (including phenoxy) is 1. The minimum atomic E-state index is -3.13. The molecule has 2 aromatic rings. The van der Waals surface area contributed by atoms with Crippen molar-refractivity contribution >= 4 is 21.6 Å². The number of hydrogen-bond donors (Lipinski definition) is 0. The van der Waals surface area contributed by atoms with Gasteiger partial charge < -0.3 is 4.74 Å². The quantitative estimate of drug-likeness (QED) is 0.548. The lowest BCUT2D eigenvalue weighted by Crippen LogP contribution is -2.14. The van der Waals surface area contributed by atoms with Gasteiger partial charge in [-0.1, -0.05) is 50.2 Å². The number of hydrogen-bond acceptors (Lipinski definition) is 5. The third kappa shape index (κ3) is 5.81. The molecule has 5 nitrogen and oxygen atoms in total. The third-order valence-corrected chi connectivity index (χ3v) is 4.71. The van der Waals surface area contributed by atoms with Gasteiger partial charge in [-0.2, -0.15) is 0 Å². The number of ketones is 1. The van der Waals surface area contributed by atoms with E-state index in [1.807, 2.05) is 12.1 Å². The average Bonchev–Trinajstić information content (AvgIpc) is 2.58. The fourth-order valence-corrected chi connectivity index (χ4v) is 3.19. The van der Waals surface area contributed by atoms with Gasteiger partial charge in [0.15, 0.2) is 22.2 Å². The molecule has 0 spiro atoms. The average molecular weight is 374 g/mol. The Hall–Kier alpha value is -2.47. The van der Waals surface area contributed by atoms with E-state index in [4.69, 9.17) is 4.74 Å². The van der Waals surface area contributed by atoms with Crippen LogP contribution in [0.1, 0.15) is 51.6 Å². The van der Waals surface area contributed by atoms with Gasteiger partial charge in [0.25, 0.3) is 0 Å². The van der Waals surface area contributed by atoms with Crippen LogP contribution < -0.4 is 0 Å². The predicted molar refractivity (Wildman–Crippen MR) is 100 cm³/mol. The molecule has 0 atom stereocenters. The van der Waals surface area contributed by atoms with Crippen LogP contribution in [0.25, 0.3) is 0 Å². The summed E-state index contributed by atoms with van der Waals surface area (Å²) in [6.07, 6.45) is 1.15. The van der Waals surface area contributed by atoms with Crippen LogP contribution in [-0.2, 0) is 20.3 Å². The molecule has 2 rings (SSSR count). The third-order valence-electron chi connectivity index (χ3n) is 3.85. The number of rotatable bonds is 7. The van der Waals surface area contributed by atoms with E-state index in [1.54, 1.807) is 24.3 Å². The Balaban J connectivity index is 1.94. The number of sulfone groups is 1. The van der Waals surface area contributed by atoms with Crippen LogP contribution in [-0.4, -0.2) is 33.0 Å². The van der Waals surface area contributed by atoms with Gasteiger partial charge in [0.05, 0.1) is 11.3 Å². The maximum atomic E-state index is 12.1. The second-order valence-corrected chi connectivity index (χ2v) is 8.68. The summed E-state index contributed by atoms with van der Waals surface area (Å²) in [4.78, 5) is 24.2. The molecule has 0 bridgehead atoms. The summed E-state index contributed by atoms with van der Waals surface area (Å²) in [6, 6.07) is 13.3. The van der Waals surface area contributed by atoms with Crippen LogP contribution in [0.4, 0.5) is 0 Å². The number of carbonyl (C=O) groups excluding carboxylic acids is 2. The Morgan fingerprint density at radius 3 is 1.96 bits per heavy atom. The zero-order valence-electron chi connectivity index (χ0n) is 15.1. The van der Waals surface area contributed by atoms with Crippen molar-refractivity contribution in [2.24, 2.45) is 0 Å². The van der Waals surface area contributed by atoms with E-state index in [-0.39, 0.29) is 23.7 Å². The van der Waals surface area contributed by atoms with Crippen molar-refractivity contribution in [1.29, 1.82) is 0 Å². The van der Waals surface area contributed by atoms with E-state index in [2.05, 4.69) is 13.8 Å². The predicted octanol–water partition coefficient (Wildman–Crippen LogP) is 3.39. The Kier molecular flexibility index (Phi) is 6.32. The van der Waals surface area contributed by atoms with E-state index in [1.165, 1.54) is 12.1 Å². The molecule has 0 amide bonds. The molecule has 6 heteroatoms. The first-order chi connectivity index (χ1) is 12.2. The Morgan fingerprint density at radius 2 is 1.46 bits per heavy atom. The minimum absolute atomic E-state index is 0.0901. The van der Waals surface area contributed by atoms with Gasteiger partial charge in [0.1, 0.15) is 0 Å². The first-order valence-electron chi connectivity index (χ1n) is 8.22. The molecular formula is C20H22O5S. The highest BCUT2D eigenvalue weighted by Crippen LogP contribution is 2.15. The van der Waals surface area contributed by atoms with Crippen LogP contribution in [0.2, 0.25) is 0 Å². The normalized spacial score (nSPS) is 11.4. The topological polar surface area (TPSA) is 77.5 Å². The van der Waals surface area contributed by atoms with Gasteiger partial charge in [-0.15, -0.1) is 0 Å². The molecule has 0 saturated carbocycles. The minimum Gasteiger partial charge on any atom is -0.454 e. The lowest BCUT2D eigenvalue weighted by molar-refractivity contribution is 0.0474. The highest BCUT2D eigenvalue weighted by atomic mass is 32.2. The van der Waals surface area contributed by atoms with Crippen molar-refractivity contribution < 1.29 is 22.7 Å².